The van der Waals surface area contributed by atoms with Gasteiger partial charge >= 0.3 is 0 Å². The Morgan fingerprint density at radius 3 is 2.16 bits per heavy atom. The van der Waals surface area contributed by atoms with Crippen LogP contribution in [-0.2, 0) is 4.43 Å². The highest BCUT2D eigenvalue weighted by atomic mass is 28.4. The van der Waals surface area contributed by atoms with E-state index in [1.165, 1.54) is 38.5 Å². The van der Waals surface area contributed by atoms with Crippen molar-refractivity contribution in [1.82, 2.24) is 0 Å². The fourth-order valence-corrected chi connectivity index (χ4v) is 3.38. The third kappa shape index (κ3) is 7.94. The van der Waals surface area contributed by atoms with E-state index in [0.29, 0.717) is 11.1 Å². The molecule has 0 aromatic heterocycles. The van der Waals surface area contributed by atoms with Crippen LogP contribution >= 0.6 is 0 Å². The Labute approximate surface area is 123 Å². The van der Waals surface area contributed by atoms with Gasteiger partial charge in [0.2, 0.25) is 0 Å². The molecule has 0 spiro atoms. The summed E-state index contributed by atoms with van der Waals surface area (Å²) in [6.07, 6.45) is 11.3. The molecule has 0 aromatic rings. The van der Waals surface area contributed by atoms with Crippen molar-refractivity contribution < 1.29 is 4.43 Å². The monoisotopic (exact) mass is 284 g/mol. The van der Waals surface area contributed by atoms with Gasteiger partial charge in [-0.2, -0.15) is 0 Å². The molecule has 2 heteroatoms. The van der Waals surface area contributed by atoms with E-state index >= 15 is 0 Å². The van der Waals surface area contributed by atoms with Crippen molar-refractivity contribution in [2.45, 2.75) is 96.9 Å². The Morgan fingerprint density at radius 2 is 1.68 bits per heavy atom. The molecule has 0 amide bonds. The highest BCUT2D eigenvalue weighted by Gasteiger charge is 2.38. The maximum Gasteiger partial charge on any atom is 0.192 e. The van der Waals surface area contributed by atoms with E-state index < -0.39 is 8.32 Å². The van der Waals surface area contributed by atoms with E-state index in [1.54, 1.807) is 0 Å². The van der Waals surface area contributed by atoms with Gasteiger partial charge in [-0.3, -0.25) is 0 Å². The molecule has 1 atom stereocenters. The Bertz CT molecular complexity index is 240. The standard InChI is InChI=1S/C17H36OSi/c1-8-10-11-12-13-15-16(14-9-2)18-19(6,7)17(3,4)5/h9,16H,2,8,10-15H2,1,3-7H3/t16-/m0/s1. The zero-order valence-electron chi connectivity index (χ0n) is 14.2. The summed E-state index contributed by atoms with van der Waals surface area (Å²) in [5, 5.41) is 0.300. The summed E-state index contributed by atoms with van der Waals surface area (Å²) >= 11 is 0. The molecular weight excluding hydrogens is 248 g/mol. The summed E-state index contributed by atoms with van der Waals surface area (Å²) in [5.74, 6) is 0. The summed E-state index contributed by atoms with van der Waals surface area (Å²) in [5.41, 5.74) is 0. The number of hydrogen-bond donors (Lipinski definition) is 0. The fraction of sp³-hybridized carbons (Fsp3) is 0.882. The first-order chi connectivity index (χ1) is 8.74. The Morgan fingerprint density at radius 1 is 1.11 bits per heavy atom. The Balaban J connectivity index is 4.22. The van der Waals surface area contributed by atoms with Gasteiger partial charge in [-0.1, -0.05) is 65.9 Å². The maximum atomic E-state index is 6.52. The van der Waals surface area contributed by atoms with Gasteiger partial charge < -0.3 is 4.43 Å². The molecule has 0 heterocycles. The summed E-state index contributed by atoms with van der Waals surface area (Å²) in [4.78, 5) is 0. The lowest BCUT2D eigenvalue weighted by molar-refractivity contribution is 0.170. The molecule has 1 nitrogen and oxygen atoms in total. The van der Waals surface area contributed by atoms with Gasteiger partial charge in [0.05, 0.1) is 0 Å². The van der Waals surface area contributed by atoms with Gasteiger partial charge in [0.15, 0.2) is 8.32 Å². The predicted octanol–water partition coefficient (Wildman–Crippen LogP) is 6.31. The first-order valence-electron chi connectivity index (χ1n) is 8.03. The van der Waals surface area contributed by atoms with Crippen LogP contribution in [0.25, 0.3) is 0 Å². The van der Waals surface area contributed by atoms with Gasteiger partial charge in [-0.05, 0) is 31.0 Å². The van der Waals surface area contributed by atoms with E-state index in [1.807, 2.05) is 6.08 Å². The minimum atomic E-state index is -1.63. The summed E-state index contributed by atoms with van der Waals surface area (Å²) in [6, 6.07) is 0. The normalized spacial score (nSPS) is 14.4. The van der Waals surface area contributed by atoms with Crippen LogP contribution in [0, 0.1) is 0 Å². The minimum Gasteiger partial charge on any atom is -0.414 e. The smallest absolute Gasteiger partial charge is 0.192 e. The van der Waals surface area contributed by atoms with E-state index in [0.717, 1.165) is 6.42 Å². The van der Waals surface area contributed by atoms with Crippen LogP contribution in [0.4, 0.5) is 0 Å². The van der Waals surface area contributed by atoms with Gasteiger partial charge in [0, 0.05) is 6.10 Å². The predicted molar refractivity (Wildman–Crippen MR) is 90.3 cm³/mol. The minimum absolute atomic E-state index is 0.300. The summed E-state index contributed by atoms with van der Waals surface area (Å²) in [7, 11) is -1.63. The average molecular weight is 285 g/mol. The van der Waals surface area contributed by atoms with E-state index in [4.69, 9.17) is 4.43 Å². The van der Waals surface area contributed by atoms with Crippen LogP contribution in [0.2, 0.25) is 18.1 Å². The molecule has 0 fully saturated rings. The molecule has 0 N–H and O–H groups in total. The molecule has 0 aliphatic rings. The lowest BCUT2D eigenvalue weighted by Gasteiger charge is -2.39. The van der Waals surface area contributed by atoms with Crippen molar-refractivity contribution >= 4 is 8.32 Å². The van der Waals surface area contributed by atoms with E-state index in [-0.39, 0.29) is 0 Å². The van der Waals surface area contributed by atoms with Crippen LogP contribution in [0.1, 0.15) is 72.6 Å². The van der Waals surface area contributed by atoms with Gasteiger partial charge in [0.1, 0.15) is 0 Å². The lowest BCUT2D eigenvalue weighted by atomic mass is 10.1. The van der Waals surface area contributed by atoms with Crippen LogP contribution in [0.3, 0.4) is 0 Å². The molecule has 0 aromatic carbocycles. The van der Waals surface area contributed by atoms with Crippen LogP contribution in [0.15, 0.2) is 12.7 Å². The van der Waals surface area contributed by atoms with Crippen molar-refractivity contribution in [3.63, 3.8) is 0 Å². The summed E-state index contributed by atoms with van der Waals surface area (Å²) < 4.78 is 6.52. The second kappa shape index (κ2) is 8.96. The molecule has 114 valence electrons. The zero-order chi connectivity index (χ0) is 14.9. The molecule has 0 saturated heterocycles. The van der Waals surface area contributed by atoms with Crippen LogP contribution in [0.5, 0.6) is 0 Å². The zero-order valence-corrected chi connectivity index (χ0v) is 15.2. The molecular formula is C17H36OSi. The van der Waals surface area contributed by atoms with Gasteiger partial charge in [0.25, 0.3) is 0 Å². The summed E-state index contributed by atoms with van der Waals surface area (Å²) in [6.45, 7) is 17.8. The van der Waals surface area contributed by atoms with Crippen molar-refractivity contribution in [3.05, 3.63) is 12.7 Å². The molecule has 0 saturated carbocycles. The molecule has 0 bridgehead atoms. The second-order valence-corrected chi connectivity index (χ2v) is 12.0. The molecule has 0 aliphatic carbocycles. The van der Waals surface area contributed by atoms with Crippen LogP contribution < -0.4 is 0 Å². The quantitative estimate of drug-likeness (QED) is 0.259. The Kier molecular flexibility index (Phi) is 8.92. The SMILES string of the molecule is C=CC[C@@H](CCCCCCC)O[Si](C)(C)C(C)(C)C. The van der Waals surface area contributed by atoms with Crippen molar-refractivity contribution in [3.8, 4) is 0 Å². The molecule has 0 aliphatic heterocycles. The van der Waals surface area contributed by atoms with Gasteiger partial charge in [-0.25, -0.2) is 0 Å². The number of unbranched alkanes of at least 4 members (excludes halogenated alkanes) is 4. The highest BCUT2D eigenvalue weighted by molar-refractivity contribution is 6.74. The first kappa shape index (κ1) is 18.9. The van der Waals surface area contributed by atoms with Crippen LogP contribution in [-0.4, -0.2) is 14.4 Å². The Hall–Kier alpha value is -0.0831. The fourth-order valence-electron chi connectivity index (χ4n) is 1.98. The van der Waals surface area contributed by atoms with Crippen molar-refractivity contribution in [2.75, 3.05) is 0 Å². The van der Waals surface area contributed by atoms with Gasteiger partial charge in [-0.15, -0.1) is 6.58 Å². The number of rotatable bonds is 10. The molecule has 0 rings (SSSR count). The van der Waals surface area contributed by atoms with E-state index in [2.05, 4.69) is 47.4 Å². The number of hydrogen-bond acceptors (Lipinski definition) is 1. The molecule has 0 unspecified atom stereocenters. The largest absolute Gasteiger partial charge is 0.414 e. The molecule has 0 radical (unpaired) electrons. The third-order valence-electron chi connectivity index (χ3n) is 4.33. The highest BCUT2D eigenvalue weighted by Crippen LogP contribution is 2.38. The van der Waals surface area contributed by atoms with Crippen molar-refractivity contribution in [2.24, 2.45) is 0 Å². The topological polar surface area (TPSA) is 9.23 Å². The lowest BCUT2D eigenvalue weighted by Crippen LogP contribution is -2.43. The average Bonchev–Trinajstić information content (AvgIpc) is 2.27. The second-order valence-electron chi connectivity index (χ2n) is 7.23. The first-order valence-corrected chi connectivity index (χ1v) is 10.9. The third-order valence-corrected chi connectivity index (χ3v) is 8.86. The van der Waals surface area contributed by atoms with E-state index in [9.17, 15) is 0 Å². The molecule has 19 heavy (non-hydrogen) atoms. The van der Waals surface area contributed by atoms with Crippen molar-refractivity contribution in [1.29, 1.82) is 0 Å². The maximum absolute atomic E-state index is 6.52.